The van der Waals surface area contributed by atoms with Crippen molar-refractivity contribution in [2.45, 2.75) is 57.5 Å². The molecule has 0 aromatic carbocycles. The number of hydrogen-bond donors (Lipinski definition) is 3. The van der Waals surface area contributed by atoms with Gasteiger partial charge in [0.2, 0.25) is 5.91 Å². The first-order valence-corrected chi connectivity index (χ1v) is 7.73. The van der Waals surface area contributed by atoms with Gasteiger partial charge in [0.25, 0.3) is 0 Å². The smallest absolute Gasteiger partial charge is 0.329 e. The number of aliphatic carboxylic acids is 1. The fourth-order valence-electron chi connectivity index (χ4n) is 3.25. The van der Waals surface area contributed by atoms with Crippen molar-refractivity contribution in [3.63, 3.8) is 0 Å². The Hall–Kier alpha value is -1.14. The Morgan fingerprint density at radius 1 is 1.38 bits per heavy atom. The molecular weight excluding hydrogens is 272 g/mol. The molecule has 0 spiro atoms. The van der Waals surface area contributed by atoms with Crippen molar-refractivity contribution in [3.8, 4) is 0 Å². The molecular formula is C15H26N2O4. The number of hydrogen-bond acceptors (Lipinski definition) is 4. The number of carboxylic acids is 1. The zero-order chi connectivity index (χ0) is 15.7. The predicted octanol–water partition coefficient (Wildman–Crippen LogP) is 0.890. The monoisotopic (exact) mass is 298 g/mol. The minimum absolute atomic E-state index is 0.243. The minimum atomic E-state index is -1.14. The Kier molecular flexibility index (Phi) is 4.58. The molecule has 1 amide bonds. The van der Waals surface area contributed by atoms with Gasteiger partial charge in [-0.3, -0.25) is 4.79 Å². The van der Waals surface area contributed by atoms with Crippen molar-refractivity contribution in [1.82, 2.24) is 5.32 Å². The van der Waals surface area contributed by atoms with Crippen LogP contribution < -0.4 is 11.1 Å². The summed E-state index contributed by atoms with van der Waals surface area (Å²) in [6, 6.07) is -0.393. The number of nitrogens with two attached hydrogens (primary N) is 1. The van der Waals surface area contributed by atoms with Gasteiger partial charge in [0, 0.05) is 6.04 Å². The van der Waals surface area contributed by atoms with Gasteiger partial charge in [0.1, 0.15) is 5.54 Å². The average Bonchev–Trinajstić information content (AvgIpc) is 2.80. The third-order valence-electron chi connectivity index (χ3n) is 5.33. The summed E-state index contributed by atoms with van der Waals surface area (Å²) in [6.45, 7) is 4.44. The van der Waals surface area contributed by atoms with E-state index >= 15 is 0 Å². The molecule has 0 radical (unpaired) electrons. The lowest BCUT2D eigenvalue weighted by atomic mass is 9.74. The highest BCUT2D eigenvalue weighted by molar-refractivity contribution is 5.90. The number of ether oxygens (including phenoxy) is 1. The van der Waals surface area contributed by atoms with Gasteiger partial charge in [-0.1, -0.05) is 13.3 Å². The Balaban J connectivity index is 2.10. The molecule has 1 heterocycles. The maximum atomic E-state index is 12.6. The van der Waals surface area contributed by atoms with Gasteiger partial charge in [-0.15, -0.1) is 0 Å². The summed E-state index contributed by atoms with van der Waals surface area (Å²) in [5.41, 5.74) is 3.96. The summed E-state index contributed by atoms with van der Waals surface area (Å²) in [7, 11) is 0. The van der Waals surface area contributed by atoms with E-state index in [4.69, 9.17) is 10.5 Å². The first-order valence-electron chi connectivity index (χ1n) is 7.73. The third-order valence-corrected chi connectivity index (χ3v) is 5.33. The van der Waals surface area contributed by atoms with E-state index in [0.29, 0.717) is 25.4 Å². The first-order chi connectivity index (χ1) is 9.84. The van der Waals surface area contributed by atoms with Crippen molar-refractivity contribution in [1.29, 1.82) is 0 Å². The van der Waals surface area contributed by atoms with Crippen LogP contribution in [0.1, 0.15) is 46.0 Å². The zero-order valence-corrected chi connectivity index (χ0v) is 12.9. The molecule has 0 aromatic heterocycles. The second-order valence-corrected chi connectivity index (χ2v) is 6.73. The number of carbonyl (C=O) groups is 2. The summed E-state index contributed by atoms with van der Waals surface area (Å²) < 4.78 is 5.28. The Bertz CT molecular complexity index is 418. The molecule has 2 unspecified atom stereocenters. The van der Waals surface area contributed by atoms with Gasteiger partial charge in [-0.25, -0.2) is 4.79 Å². The highest BCUT2D eigenvalue weighted by Gasteiger charge is 2.50. The van der Waals surface area contributed by atoms with Crippen LogP contribution in [0.4, 0.5) is 0 Å². The van der Waals surface area contributed by atoms with Gasteiger partial charge in [-0.2, -0.15) is 0 Å². The van der Waals surface area contributed by atoms with E-state index in [-0.39, 0.29) is 12.5 Å². The third kappa shape index (κ3) is 2.92. The maximum Gasteiger partial charge on any atom is 0.329 e. The largest absolute Gasteiger partial charge is 0.480 e. The molecule has 2 aliphatic rings. The van der Waals surface area contributed by atoms with Crippen LogP contribution in [-0.4, -0.2) is 41.8 Å². The lowest BCUT2D eigenvalue weighted by molar-refractivity contribution is -0.151. The number of carboxylic acid groups (broad SMARTS) is 1. The van der Waals surface area contributed by atoms with Crippen LogP contribution in [0.25, 0.3) is 0 Å². The van der Waals surface area contributed by atoms with E-state index in [0.717, 1.165) is 19.3 Å². The maximum absolute atomic E-state index is 12.6. The zero-order valence-electron chi connectivity index (χ0n) is 12.9. The second kappa shape index (κ2) is 5.93. The molecule has 21 heavy (non-hydrogen) atoms. The van der Waals surface area contributed by atoms with E-state index in [9.17, 15) is 14.7 Å². The van der Waals surface area contributed by atoms with Gasteiger partial charge < -0.3 is 20.9 Å². The quantitative estimate of drug-likeness (QED) is 0.715. The summed E-state index contributed by atoms with van der Waals surface area (Å²) in [4.78, 5) is 24.3. The number of amides is 1. The molecule has 1 aliphatic heterocycles. The molecule has 0 bridgehead atoms. The minimum Gasteiger partial charge on any atom is -0.480 e. The van der Waals surface area contributed by atoms with Gasteiger partial charge in [0.05, 0.1) is 18.6 Å². The lowest BCUT2D eigenvalue weighted by Gasteiger charge is -2.39. The van der Waals surface area contributed by atoms with Crippen molar-refractivity contribution < 1.29 is 19.4 Å². The van der Waals surface area contributed by atoms with Crippen molar-refractivity contribution in [2.24, 2.45) is 17.1 Å². The lowest BCUT2D eigenvalue weighted by Crippen LogP contribution is -2.61. The predicted molar refractivity (Wildman–Crippen MR) is 77.7 cm³/mol. The van der Waals surface area contributed by atoms with Crippen molar-refractivity contribution in [2.75, 3.05) is 13.2 Å². The number of nitrogens with one attached hydrogen (secondary N) is 1. The van der Waals surface area contributed by atoms with Crippen LogP contribution in [0.2, 0.25) is 0 Å². The SMILES string of the molecule is CCC1CCC(NC(=O)C2(C)COCC2N)(C(=O)O)CC1. The van der Waals surface area contributed by atoms with E-state index in [2.05, 4.69) is 12.2 Å². The normalized spacial score (nSPS) is 40.0. The van der Waals surface area contributed by atoms with Crippen LogP contribution in [0, 0.1) is 11.3 Å². The number of rotatable bonds is 4. The molecule has 2 fully saturated rings. The van der Waals surface area contributed by atoms with Gasteiger partial charge >= 0.3 is 5.97 Å². The van der Waals surface area contributed by atoms with Crippen molar-refractivity contribution >= 4 is 11.9 Å². The molecule has 1 aliphatic carbocycles. The molecule has 4 N–H and O–H groups in total. The van der Waals surface area contributed by atoms with E-state index in [1.807, 2.05) is 0 Å². The van der Waals surface area contributed by atoms with Gasteiger partial charge in [0.15, 0.2) is 0 Å². The van der Waals surface area contributed by atoms with E-state index < -0.39 is 23.0 Å². The Morgan fingerprint density at radius 2 is 2.00 bits per heavy atom. The first kappa shape index (κ1) is 16.2. The Labute approximate surface area is 125 Å². The molecule has 2 atom stereocenters. The second-order valence-electron chi connectivity index (χ2n) is 6.73. The molecule has 6 heteroatoms. The summed E-state index contributed by atoms with van der Waals surface area (Å²) >= 11 is 0. The molecule has 120 valence electrons. The fourth-order valence-corrected chi connectivity index (χ4v) is 3.25. The molecule has 1 saturated carbocycles. The van der Waals surface area contributed by atoms with Crippen LogP contribution in [0.3, 0.4) is 0 Å². The molecule has 2 rings (SSSR count). The summed E-state index contributed by atoms with van der Waals surface area (Å²) in [5, 5.41) is 12.4. The van der Waals surface area contributed by atoms with Crippen molar-refractivity contribution in [3.05, 3.63) is 0 Å². The Morgan fingerprint density at radius 3 is 2.43 bits per heavy atom. The van der Waals surface area contributed by atoms with Crippen LogP contribution in [-0.2, 0) is 14.3 Å². The molecule has 6 nitrogen and oxygen atoms in total. The molecule has 0 aromatic rings. The van der Waals surface area contributed by atoms with Crippen LogP contribution in [0.5, 0.6) is 0 Å². The summed E-state index contributed by atoms with van der Waals surface area (Å²) in [5.74, 6) is -0.687. The molecule has 1 saturated heterocycles. The summed E-state index contributed by atoms with van der Waals surface area (Å²) in [6.07, 6.45) is 3.70. The highest BCUT2D eigenvalue weighted by Crippen LogP contribution is 2.36. The highest BCUT2D eigenvalue weighted by atomic mass is 16.5. The number of carbonyl (C=O) groups excluding carboxylic acids is 1. The average molecular weight is 298 g/mol. The fraction of sp³-hybridized carbons (Fsp3) is 0.867. The van der Waals surface area contributed by atoms with E-state index in [1.165, 1.54) is 0 Å². The van der Waals surface area contributed by atoms with Gasteiger partial charge in [-0.05, 0) is 38.5 Å². The standard InChI is InChI=1S/C15H26N2O4/c1-3-10-4-6-15(7-5-10,13(19)20)17-12(18)14(2)9-21-8-11(14)16/h10-11H,3-9,16H2,1-2H3,(H,17,18)(H,19,20). The van der Waals surface area contributed by atoms with E-state index in [1.54, 1.807) is 6.92 Å². The van der Waals surface area contributed by atoms with Crippen LogP contribution >= 0.6 is 0 Å². The van der Waals surface area contributed by atoms with Crippen LogP contribution in [0.15, 0.2) is 0 Å². The topological polar surface area (TPSA) is 102 Å².